The van der Waals surface area contributed by atoms with Crippen LogP contribution in [0.1, 0.15) is 219 Å². The van der Waals surface area contributed by atoms with Crippen LogP contribution in [0, 0.1) is 0 Å². The van der Waals surface area contributed by atoms with Gasteiger partial charge in [-0.2, -0.15) is 0 Å². The van der Waals surface area contributed by atoms with Crippen molar-refractivity contribution in [2.45, 2.75) is 231 Å². The van der Waals surface area contributed by atoms with E-state index in [-0.39, 0.29) is 18.5 Å². The number of ether oxygens (including phenoxy) is 1. The molecule has 0 spiro atoms. The lowest BCUT2D eigenvalue weighted by Crippen LogP contribution is -2.45. The second-order valence-electron chi connectivity index (χ2n) is 14.7. The van der Waals surface area contributed by atoms with E-state index in [1.165, 1.54) is 109 Å². The molecule has 0 aliphatic rings. The van der Waals surface area contributed by atoms with E-state index in [9.17, 15) is 19.8 Å². The molecular weight excluding hydrogens is 622 g/mol. The summed E-state index contributed by atoms with van der Waals surface area (Å²) in [7, 11) is 0. The fraction of sp³-hybridized carbons (Fsp3) is 0.864. The number of aliphatic hydroxyl groups is 2. The number of hydrogen-bond donors (Lipinski definition) is 3. The lowest BCUT2D eigenvalue weighted by Gasteiger charge is -2.22. The van der Waals surface area contributed by atoms with Crippen LogP contribution in [0.3, 0.4) is 0 Å². The van der Waals surface area contributed by atoms with Gasteiger partial charge in [0, 0.05) is 12.8 Å². The summed E-state index contributed by atoms with van der Waals surface area (Å²) >= 11 is 0. The zero-order valence-corrected chi connectivity index (χ0v) is 33.1. The number of nitrogens with one attached hydrogen (secondary N) is 1. The Morgan fingerprint density at radius 1 is 0.540 bits per heavy atom. The molecule has 294 valence electrons. The van der Waals surface area contributed by atoms with Crippen LogP contribution < -0.4 is 5.32 Å². The van der Waals surface area contributed by atoms with E-state index in [2.05, 4.69) is 43.5 Å². The first-order chi connectivity index (χ1) is 24.5. The molecule has 6 heteroatoms. The van der Waals surface area contributed by atoms with Crippen LogP contribution >= 0.6 is 0 Å². The van der Waals surface area contributed by atoms with Gasteiger partial charge in [0.25, 0.3) is 0 Å². The quantitative estimate of drug-likeness (QED) is 0.0336. The van der Waals surface area contributed by atoms with E-state index in [1.54, 1.807) is 0 Å². The van der Waals surface area contributed by atoms with E-state index < -0.39 is 12.1 Å². The summed E-state index contributed by atoms with van der Waals surface area (Å²) in [5.74, 6) is -0.121. The van der Waals surface area contributed by atoms with Gasteiger partial charge in [-0.25, -0.2) is 0 Å². The molecule has 0 heterocycles. The van der Waals surface area contributed by atoms with Crippen molar-refractivity contribution in [2.24, 2.45) is 0 Å². The summed E-state index contributed by atoms with van der Waals surface area (Å²) in [5.41, 5.74) is 0. The number of esters is 1. The maximum absolute atomic E-state index is 12.3. The lowest BCUT2D eigenvalue weighted by molar-refractivity contribution is -0.143. The molecule has 2 unspecified atom stereocenters. The van der Waals surface area contributed by atoms with Gasteiger partial charge >= 0.3 is 5.97 Å². The topological polar surface area (TPSA) is 95.9 Å². The second kappa shape index (κ2) is 40.1. The molecule has 1 amide bonds. The number of aliphatic hydroxyl groups excluding tert-OH is 2. The van der Waals surface area contributed by atoms with Crippen LogP contribution in [0.15, 0.2) is 24.3 Å². The minimum atomic E-state index is -0.683. The summed E-state index contributed by atoms with van der Waals surface area (Å²) in [5, 5.41) is 23.0. The molecule has 0 rings (SSSR count). The van der Waals surface area contributed by atoms with E-state index in [0.29, 0.717) is 25.9 Å². The Morgan fingerprint density at radius 2 is 0.940 bits per heavy atom. The molecule has 6 nitrogen and oxygen atoms in total. The molecule has 0 aromatic rings. The Morgan fingerprint density at radius 3 is 1.44 bits per heavy atom. The predicted molar refractivity (Wildman–Crippen MR) is 213 cm³/mol. The standard InChI is InChI=1S/C44H83NO5/c1-3-5-7-9-11-13-15-16-17-22-26-30-34-38-44(49)50-39-35-31-27-23-19-18-21-25-29-33-37-43(48)45-41(40-46)42(47)36-32-28-24-20-14-12-10-8-6-4-2/h13,15,19,23,41-42,46-47H,3-12,14,16-18,20-22,24-40H2,1-2H3,(H,45,48)/b15-13-,23-19-. The van der Waals surface area contributed by atoms with Crippen LogP contribution in [-0.4, -0.2) is 47.4 Å². The molecule has 0 radical (unpaired) electrons. The Hall–Kier alpha value is -1.66. The molecule has 50 heavy (non-hydrogen) atoms. The molecule has 0 aliphatic heterocycles. The Labute approximate surface area is 310 Å². The minimum absolute atomic E-state index is 0.0468. The highest BCUT2D eigenvalue weighted by molar-refractivity contribution is 5.76. The maximum Gasteiger partial charge on any atom is 0.305 e. The summed E-state index contributed by atoms with van der Waals surface area (Å²) in [4.78, 5) is 24.3. The molecule has 0 bridgehead atoms. The number of hydrogen-bond acceptors (Lipinski definition) is 5. The van der Waals surface area contributed by atoms with Gasteiger partial charge in [0.15, 0.2) is 0 Å². The van der Waals surface area contributed by atoms with Crippen molar-refractivity contribution >= 4 is 11.9 Å². The SMILES string of the molecule is CCCCCC/C=C\CCCCCCCC(=O)OCCCC/C=C\CCCCCCC(=O)NC(CO)C(O)CCCCCCCCCCCC. The van der Waals surface area contributed by atoms with Crippen molar-refractivity contribution < 1.29 is 24.5 Å². The fourth-order valence-corrected chi connectivity index (χ4v) is 6.33. The van der Waals surface area contributed by atoms with Gasteiger partial charge in [0.1, 0.15) is 0 Å². The molecular formula is C44H83NO5. The van der Waals surface area contributed by atoms with Gasteiger partial charge in [-0.1, -0.05) is 154 Å². The normalized spacial score (nSPS) is 13.0. The molecule has 0 saturated heterocycles. The van der Waals surface area contributed by atoms with Crippen molar-refractivity contribution in [3.05, 3.63) is 24.3 Å². The number of unbranched alkanes of at least 4 members (excludes halogenated alkanes) is 24. The predicted octanol–water partition coefficient (Wildman–Crippen LogP) is 12.0. The average molecular weight is 706 g/mol. The highest BCUT2D eigenvalue weighted by Crippen LogP contribution is 2.14. The third-order valence-corrected chi connectivity index (χ3v) is 9.72. The van der Waals surface area contributed by atoms with Crippen molar-refractivity contribution in [2.75, 3.05) is 13.2 Å². The summed E-state index contributed by atoms with van der Waals surface area (Å²) < 4.78 is 5.40. The van der Waals surface area contributed by atoms with Crippen LogP contribution in [0.2, 0.25) is 0 Å². The fourth-order valence-electron chi connectivity index (χ4n) is 6.33. The highest BCUT2D eigenvalue weighted by Gasteiger charge is 2.20. The van der Waals surface area contributed by atoms with Gasteiger partial charge in [-0.3, -0.25) is 9.59 Å². The zero-order chi connectivity index (χ0) is 36.6. The Bertz CT molecular complexity index is 782. The van der Waals surface area contributed by atoms with Crippen molar-refractivity contribution in [3.8, 4) is 0 Å². The molecule has 0 aromatic heterocycles. The molecule has 0 aromatic carbocycles. The van der Waals surface area contributed by atoms with E-state index in [0.717, 1.165) is 77.0 Å². The Kier molecular flexibility index (Phi) is 38.8. The third kappa shape index (κ3) is 36.1. The van der Waals surface area contributed by atoms with Gasteiger partial charge in [-0.05, 0) is 77.0 Å². The first-order valence-corrected chi connectivity index (χ1v) is 21.6. The molecule has 3 N–H and O–H groups in total. The van der Waals surface area contributed by atoms with Gasteiger partial charge in [-0.15, -0.1) is 0 Å². The number of amides is 1. The van der Waals surface area contributed by atoms with Gasteiger partial charge in [0.2, 0.25) is 5.91 Å². The summed E-state index contributed by atoms with van der Waals surface area (Å²) in [6, 6.07) is -0.564. The maximum atomic E-state index is 12.3. The van der Waals surface area contributed by atoms with E-state index in [1.807, 2.05) is 0 Å². The molecule has 0 aliphatic carbocycles. The van der Waals surface area contributed by atoms with Crippen molar-refractivity contribution in [3.63, 3.8) is 0 Å². The van der Waals surface area contributed by atoms with E-state index in [4.69, 9.17) is 4.74 Å². The van der Waals surface area contributed by atoms with Crippen LogP contribution in [-0.2, 0) is 14.3 Å². The number of carbonyl (C=O) groups is 2. The number of carbonyl (C=O) groups excluding carboxylic acids is 2. The molecule has 0 saturated carbocycles. The lowest BCUT2D eigenvalue weighted by atomic mass is 10.0. The van der Waals surface area contributed by atoms with Crippen LogP contribution in [0.5, 0.6) is 0 Å². The first kappa shape index (κ1) is 48.3. The van der Waals surface area contributed by atoms with Crippen LogP contribution in [0.4, 0.5) is 0 Å². The van der Waals surface area contributed by atoms with Crippen LogP contribution in [0.25, 0.3) is 0 Å². The number of rotatable bonds is 39. The monoisotopic (exact) mass is 706 g/mol. The largest absolute Gasteiger partial charge is 0.466 e. The zero-order valence-electron chi connectivity index (χ0n) is 33.1. The average Bonchev–Trinajstić information content (AvgIpc) is 3.11. The van der Waals surface area contributed by atoms with Crippen molar-refractivity contribution in [1.29, 1.82) is 0 Å². The van der Waals surface area contributed by atoms with Gasteiger partial charge in [0.05, 0.1) is 25.4 Å². The highest BCUT2D eigenvalue weighted by atomic mass is 16.5. The molecule has 2 atom stereocenters. The summed E-state index contributed by atoms with van der Waals surface area (Å²) in [6.45, 7) is 4.81. The minimum Gasteiger partial charge on any atom is -0.466 e. The first-order valence-electron chi connectivity index (χ1n) is 21.6. The second-order valence-corrected chi connectivity index (χ2v) is 14.7. The summed E-state index contributed by atoms with van der Waals surface area (Å²) in [6.07, 6.45) is 44.2. The van der Waals surface area contributed by atoms with Gasteiger partial charge < -0.3 is 20.3 Å². The smallest absolute Gasteiger partial charge is 0.305 e. The van der Waals surface area contributed by atoms with Crippen molar-refractivity contribution in [1.82, 2.24) is 5.32 Å². The number of allylic oxidation sites excluding steroid dienone is 4. The third-order valence-electron chi connectivity index (χ3n) is 9.72. The Balaban J connectivity index is 3.55. The molecule has 0 fully saturated rings. The van der Waals surface area contributed by atoms with E-state index >= 15 is 0 Å².